The molecular weight excluding hydrogens is 314 g/mol. The van der Waals surface area contributed by atoms with E-state index in [1.165, 1.54) is 6.42 Å². The molecule has 1 unspecified atom stereocenters. The van der Waals surface area contributed by atoms with Crippen molar-refractivity contribution in [2.24, 2.45) is 0 Å². The highest BCUT2D eigenvalue weighted by Gasteiger charge is 2.20. The van der Waals surface area contributed by atoms with E-state index >= 15 is 0 Å². The molecule has 0 bridgehead atoms. The monoisotopic (exact) mass is 337 g/mol. The van der Waals surface area contributed by atoms with E-state index in [2.05, 4.69) is 23.2 Å². The molecule has 4 heteroatoms. The lowest BCUT2D eigenvalue weighted by atomic mass is 9.96. The molecule has 1 saturated heterocycles. The second-order valence-electron chi connectivity index (χ2n) is 6.45. The predicted molar refractivity (Wildman–Crippen MR) is 96.9 cm³/mol. The molecule has 25 heavy (non-hydrogen) atoms. The Kier molecular flexibility index (Phi) is 4.70. The van der Waals surface area contributed by atoms with Crippen LogP contribution in [0.2, 0.25) is 0 Å². The fraction of sp³-hybridized carbons (Fsp3) is 0.381. The number of rotatable bonds is 3. The average molecular weight is 337 g/mol. The first-order chi connectivity index (χ1) is 12.3. The zero-order valence-electron chi connectivity index (χ0n) is 14.5. The Labute approximate surface area is 148 Å². The molecule has 0 amide bonds. The molecule has 4 nitrogen and oxygen atoms in total. The van der Waals surface area contributed by atoms with E-state index in [0.717, 1.165) is 53.3 Å². The van der Waals surface area contributed by atoms with E-state index in [0.29, 0.717) is 13.2 Å². The maximum absolute atomic E-state index is 6.01. The summed E-state index contributed by atoms with van der Waals surface area (Å²) < 4.78 is 17.7. The van der Waals surface area contributed by atoms with Crippen LogP contribution in [0, 0.1) is 0 Å². The number of hydrogen-bond donors (Lipinski definition) is 0. The lowest BCUT2D eigenvalue weighted by Gasteiger charge is -2.23. The summed E-state index contributed by atoms with van der Waals surface area (Å²) in [5, 5.41) is 0. The highest BCUT2D eigenvalue weighted by atomic mass is 16.5. The topological polar surface area (TPSA) is 40.6 Å². The standard InChI is InChI=1S/C21H23NO3/c1-2-17-18-7-5-10-22-20(18)14-25-21-9-8-15(12-19(17)21)24-13-16-6-3-4-11-23-16/h2,5,7-10,12,16H,3-4,6,11,13-14H2,1H3/b17-2+. The van der Waals surface area contributed by atoms with Gasteiger partial charge in [0, 0.05) is 23.9 Å². The fourth-order valence-corrected chi connectivity index (χ4v) is 3.46. The molecule has 0 aliphatic carbocycles. The van der Waals surface area contributed by atoms with E-state index in [-0.39, 0.29) is 6.10 Å². The summed E-state index contributed by atoms with van der Waals surface area (Å²) in [7, 11) is 0. The molecule has 1 fully saturated rings. The summed E-state index contributed by atoms with van der Waals surface area (Å²) in [5.41, 5.74) is 4.27. The van der Waals surface area contributed by atoms with Crippen molar-refractivity contribution >= 4 is 5.57 Å². The molecule has 1 aromatic carbocycles. The predicted octanol–water partition coefficient (Wildman–Crippen LogP) is 4.37. The quantitative estimate of drug-likeness (QED) is 0.834. The van der Waals surface area contributed by atoms with Crippen LogP contribution in [0.1, 0.15) is 43.0 Å². The molecule has 0 spiro atoms. The smallest absolute Gasteiger partial charge is 0.131 e. The molecule has 1 aromatic heterocycles. The number of allylic oxidation sites excluding steroid dienone is 1. The number of pyridine rings is 1. The maximum atomic E-state index is 6.01. The van der Waals surface area contributed by atoms with E-state index in [4.69, 9.17) is 14.2 Å². The van der Waals surface area contributed by atoms with Gasteiger partial charge in [-0.25, -0.2) is 0 Å². The Balaban J connectivity index is 1.60. The molecule has 2 aromatic rings. The third-order valence-electron chi connectivity index (χ3n) is 4.78. The summed E-state index contributed by atoms with van der Waals surface area (Å²) in [4.78, 5) is 4.47. The largest absolute Gasteiger partial charge is 0.491 e. The highest BCUT2D eigenvalue weighted by Crippen LogP contribution is 2.38. The first-order valence-corrected chi connectivity index (χ1v) is 8.97. The van der Waals surface area contributed by atoms with Gasteiger partial charge >= 0.3 is 0 Å². The van der Waals surface area contributed by atoms with Crippen LogP contribution in [0.3, 0.4) is 0 Å². The van der Waals surface area contributed by atoms with Gasteiger partial charge in [0.05, 0.1) is 11.8 Å². The molecule has 2 aliphatic heterocycles. The lowest BCUT2D eigenvalue weighted by Crippen LogP contribution is -2.25. The van der Waals surface area contributed by atoms with Gasteiger partial charge in [-0.2, -0.15) is 0 Å². The van der Waals surface area contributed by atoms with Crippen LogP contribution in [0.4, 0.5) is 0 Å². The van der Waals surface area contributed by atoms with Crippen molar-refractivity contribution in [1.29, 1.82) is 0 Å². The molecule has 0 N–H and O–H groups in total. The van der Waals surface area contributed by atoms with Crippen molar-refractivity contribution in [3.63, 3.8) is 0 Å². The van der Waals surface area contributed by atoms with Crippen LogP contribution >= 0.6 is 0 Å². The van der Waals surface area contributed by atoms with Crippen LogP contribution in [0.5, 0.6) is 11.5 Å². The SMILES string of the molecule is C/C=C1/c2cc(OCC3CCCCO3)ccc2OCc2ncccc21. The molecule has 130 valence electrons. The van der Waals surface area contributed by atoms with E-state index < -0.39 is 0 Å². The molecule has 0 radical (unpaired) electrons. The van der Waals surface area contributed by atoms with Gasteiger partial charge in [-0.3, -0.25) is 4.98 Å². The second-order valence-corrected chi connectivity index (χ2v) is 6.45. The minimum absolute atomic E-state index is 0.204. The first-order valence-electron chi connectivity index (χ1n) is 8.97. The Morgan fingerprint density at radius 3 is 3.04 bits per heavy atom. The Bertz CT molecular complexity index is 778. The second kappa shape index (κ2) is 7.28. The van der Waals surface area contributed by atoms with E-state index in [1.54, 1.807) is 0 Å². The molecule has 0 saturated carbocycles. The summed E-state index contributed by atoms with van der Waals surface area (Å²) >= 11 is 0. The normalized spacial score (nSPS) is 21.0. The Morgan fingerprint density at radius 1 is 1.24 bits per heavy atom. The van der Waals surface area contributed by atoms with E-state index in [1.807, 2.05) is 31.3 Å². The van der Waals surface area contributed by atoms with Crippen molar-refractivity contribution < 1.29 is 14.2 Å². The van der Waals surface area contributed by atoms with Crippen molar-refractivity contribution in [3.8, 4) is 11.5 Å². The van der Waals surface area contributed by atoms with Gasteiger partial charge in [0.25, 0.3) is 0 Å². The highest BCUT2D eigenvalue weighted by molar-refractivity contribution is 5.84. The zero-order valence-corrected chi connectivity index (χ0v) is 14.5. The Morgan fingerprint density at radius 2 is 2.20 bits per heavy atom. The van der Waals surface area contributed by atoms with Crippen LogP contribution < -0.4 is 9.47 Å². The number of hydrogen-bond acceptors (Lipinski definition) is 4. The van der Waals surface area contributed by atoms with Crippen molar-refractivity contribution in [1.82, 2.24) is 4.98 Å². The average Bonchev–Trinajstić information content (AvgIpc) is 2.83. The van der Waals surface area contributed by atoms with Gasteiger partial charge in [0.15, 0.2) is 0 Å². The van der Waals surface area contributed by atoms with Gasteiger partial charge < -0.3 is 14.2 Å². The number of fused-ring (bicyclic) bond motifs is 2. The van der Waals surface area contributed by atoms with Gasteiger partial charge in [-0.05, 0) is 56.0 Å². The summed E-state index contributed by atoms with van der Waals surface area (Å²) in [6.07, 6.45) is 7.58. The van der Waals surface area contributed by atoms with Gasteiger partial charge in [-0.15, -0.1) is 0 Å². The minimum atomic E-state index is 0.204. The third-order valence-corrected chi connectivity index (χ3v) is 4.78. The van der Waals surface area contributed by atoms with Gasteiger partial charge in [-0.1, -0.05) is 12.1 Å². The summed E-state index contributed by atoms with van der Waals surface area (Å²) in [6.45, 7) is 3.97. The maximum Gasteiger partial charge on any atom is 0.131 e. The van der Waals surface area contributed by atoms with Gasteiger partial charge in [0.2, 0.25) is 0 Å². The van der Waals surface area contributed by atoms with Crippen LogP contribution in [0.15, 0.2) is 42.6 Å². The molecule has 4 rings (SSSR count). The Hall–Kier alpha value is -2.33. The van der Waals surface area contributed by atoms with E-state index in [9.17, 15) is 0 Å². The number of ether oxygens (including phenoxy) is 3. The fourth-order valence-electron chi connectivity index (χ4n) is 3.46. The van der Waals surface area contributed by atoms with Crippen LogP contribution in [-0.2, 0) is 11.3 Å². The van der Waals surface area contributed by atoms with Crippen molar-refractivity contribution in [2.45, 2.75) is 38.9 Å². The molecule has 1 atom stereocenters. The minimum Gasteiger partial charge on any atom is -0.491 e. The molecule has 3 heterocycles. The third kappa shape index (κ3) is 3.40. The van der Waals surface area contributed by atoms with Crippen molar-refractivity contribution in [3.05, 3.63) is 59.4 Å². The molecule has 2 aliphatic rings. The first kappa shape index (κ1) is 16.2. The molecular formula is C21H23NO3. The summed E-state index contributed by atoms with van der Waals surface area (Å²) in [6, 6.07) is 10.1. The number of nitrogens with zero attached hydrogens (tertiary/aromatic N) is 1. The lowest BCUT2D eigenvalue weighted by molar-refractivity contribution is -0.0110. The number of benzene rings is 1. The zero-order chi connectivity index (χ0) is 17.1. The van der Waals surface area contributed by atoms with Gasteiger partial charge in [0.1, 0.15) is 24.7 Å². The summed E-state index contributed by atoms with van der Waals surface area (Å²) in [5.74, 6) is 1.72. The number of aromatic nitrogens is 1. The van der Waals surface area contributed by atoms with Crippen LogP contribution in [-0.4, -0.2) is 24.3 Å². The van der Waals surface area contributed by atoms with Crippen molar-refractivity contribution in [2.75, 3.05) is 13.2 Å². The van der Waals surface area contributed by atoms with Crippen LogP contribution in [0.25, 0.3) is 5.57 Å².